The first-order chi connectivity index (χ1) is 6.15. The largest absolute Gasteiger partial charge is 0.384 e. The van der Waals surface area contributed by atoms with Crippen LogP contribution in [0.5, 0.6) is 0 Å². The van der Waals surface area contributed by atoms with Gasteiger partial charge in [0.2, 0.25) is 5.78 Å². The highest BCUT2D eigenvalue weighted by molar-refractivity contribution is 9.10. The molecule has 1 aromatic heterocycles. The SMILES string of the molecule is CNCC(O)C(=O)c1cc(Br)cs1. The number of aliphatic hydroxyl groups is 1. The quantitative estimate of drug-likeness (QED) is 0.805. The van der Waals surface area contributed by atoms with E-state index in [0.29, 0.717) is 4.88 Å². The second kappa shape index (κ2) is 4.85. The molecule has 5 heteroatoms. The van der Waals surface area contributed by atoms with Gasteiger partial charge in [-0.2, -0.15) is 0 Å². The Morgan fingerprint density at radius 2 is 2.54 bits per heavy atom. The number of carbonyl (C=O) groups is 1. The summed E-state index contributed by atoms with van der Waals surface area (Å²) in [6, 6.07) is 1.71. The van der Waals surface area contributed by atoms with Gasteiger partial charge in [0.1, 0.15) is 6.10 Å². The summed E-state index contributed by atoms with van der Waals surface area (Å²) in [7, 11) is 1.70. The third kappa shape index (κ3) is 2.87. The molecule has 1 heterocycles. The summed E-state index contributed by atoms with van der Waals surface area (Å²) in [5, 5.41) is 13.9. The van der Waals surface area contributed by atoms with Crippen LogP contribution in [0.25, 0.3) is 0 Å². The number of ketones is 1. The molecule has 0 fully saturated rings. The summed E-state index contributed by atoms with van der Waals surface area (Å²) in [6.07, 6.45) is -0.949. The number of halogens is 1. The van der Waals surface area contributed by atoms with Crippen molar-refractivity contribution in [2.24, 2.45) is 0 Å². The molecule has 1 atom stereocenters. The molecule has 0 spiro atoms. The lowest BCUT2D eigenvalue weighted by atomic mass is 10.2. The zero-order valence-corrected chi connectivity index (χ0v) is 9.48. The second-order valence-corrected chi connectivity index (χ2v) is 4.39. The predicted molar refractivity (Wildman–Crippen MR) is 56.3 cm³/mol. The molecule has 0 aliphatic rings. The molecule has 1 aromatic rings. The minimum atomic E-state index is -0.949. The van der Waals surface area contributed by atoms with E-state index in [1.165, 1.54) is 11.3 Å². The molecule has 0 aromatic carbocycles. The van der Waals surface area contributed by atoms with Crippen LogP contribution in [0, 0.1) is 0 Å². The van der Waals surface area contributed by atoms with E-state index in [9.17, 15) is 9.90 Å². The normalized spacial score (nSPS) is 12.8. The van der Waals surface area contributed by atoms with Gasteiger partial charge >= 0.3 is 0 Å². The first-order valence-corrected chi connectivity index (χ1v) is 5.43. The number of Topliss-reactive ketones (excluding diaryl/α,β-unsaturated/α-hetero) is 1. The Labute approximate surface area is 88.9 Å². The smallest absolute Gasteiger partial charge is 0.202 e. The molecule has 2 N–H and O–H groups in total. The molecule has 0 saturated carbocycles. The lowest BCUT2D eigenvalue weighted by Crippen LogP contribution is -2.30. The predicted octanol–water partition coefficient (Wildman–Crippen LogP) is 1.27. The van der Waals surface area contributed by atoms with Gasteiger partial charge in [0, 0.05) is 16.4 Å². The molecule has 0 bridgehead atoms. The monoisotopic (exact) mass is 263 g/mol. The van der Waals surface area contributed by atoms with E-state index in [4.69, 9.17) is 0 Å². The Kier molecular flexibility index (Phi) is 4.05. The number of nitrogens with one attached hydrogen (secondary N) is 1. The summed E-state index contributed by atoms with van der Waals surface area (Å²) in [6.45, 7) is 0.286. The van der Waals surface area contributed by atoms with Gasteiger partial charge < -0.3 is 10.4 Å². The van der Waals surface area contributed by atoms with E-state index in [-0.39, 0.29) is 12.3 Å². The molecule has 0 aliphatic carbocycles. The Morgan fingerprint density at radius 3 is 3.00 bits per heavy atom. The van der Waals surface area contributed by atoms with E-state index in [1.54, 1.807) is 13.1 Å². The van der Waals surface area contributed by atoms with E-state index < -0.39 is 6.10 Å². The van der Waals surface area contributed by atoms with Crippen LogP contribution >= 0.6 is 27.3 Å². The van der Waals surface area contributed by atoms with Crippen LogP contribution < -0.4 is 5.32 Å². The third-order valence-corrected chi connectivity index (χ3v) is 3.22. The number of carbonyl (C=O) groups excluding carboxylic acids is 1. The zero-order valence-electron chi connectivity index (χ0n) is 7.08. The van der Waals surface area contributed by atoms with Crippen molar-refractivity contribution >= 4 is 33.0 Å². The molecule has 1 rings (SSSR count). The summed E-state index contributed by atoms with van der Waals surface area (Å²) >= 11 is 4.58. The van der Waals surface area contributed by atoms with Crippen LogP contribution in [0.3, 0.4) is 0 Å². The third-order valence-electron chi connectivity index (χ3n) is 1.51. The highest BCUT2D eigenvalue weighted by Crippen LogP contribution is 2.20. The van der Waals surface area contributed by atoms with Gasteiger partial charge in [-0.1, -0.05) is 0 Å². The van der Waals surface area contributed by atoms with Crippen LogP contribution in [0.4, 0.5) is 0 Å². The number of rotatable bonds is 4. The minimum absolute atomic E-state index is 0.231. The Bertz CT molecular complexity index is 300. The lowest BCUT2D eigenvalue weighted by Gasteiger charge is -2.05. The van der Waals surface area contributed by atoms with Crippen molar-refractivity contribution in [3.8, 4) is 0 Å². The number of thiophene rings is 1. The fourth-order valence-corrected chi connectivity index (χ4v) is 2.31. The molecule has 3 nitrogen and oxygen atoms in total. The van der Waals surface area contributed by atoms with Crippen molar-refractivity contribution in [1.82, 2.24) is 5.32 Å². The van der Waals surface area contributed by atoms with Gasteiger partial charge in [0.25, 0.3) is 0 Å². The highest BCUT2D eigenvalue weighted by atomic mass is 79.9. The van der Waals surface area contributed by atoms with Gasteiger partial charge in [0.05, 0.1) is 4.88 Å². The van der Waals surface area contributed by atoms with Crippen molar-refractivity contribution in [1.29, 1.82) is 0 Å². The van der Waals surface area contributed by atoms with E-state index >= 15 is 0 Å². The maximum Gasteiger partial charge on any atom is 0.202 e. The molecule has 72 valence electrons. The Balaban J connectivity index is 2.67. The molecule has 1 unspecified atom stereocenters. The van der Waals surface area contributed by atoms with Gasteiger partial charge in [-0.15, -0.1) is 11.3 Å². The van der Waals surface area contributed by atoms with Crippen molar-refractivity contribution < 1.29 is 9.90 Å². The highest BCUT2D eigenvalue weighted by Gasteiger charge is 2.17. The maximum atomic E-state index is 11.4. The fraction of sp³-hybridized carbons (Fsp3) is 0.375. The van der Waals surface area contributed by atoms with Crippen LogP contribution in [0.2, 0.25) is 0 Å². The van der Waals surface area contributed by atoms with Gasteiger partial charge in [-0.3, -0.25) is 4.79 Å². The number of hydrogen-bond donors (Lipinski definition) is 2. The summed E-state index contributed by atoms with van der Waals surface area (Å²) in [4.78, 5) is 12.0. The van der Waals surface area contributed by atoms with Crippen LogP contribution in [-0.4, -0.2) is 30.6 Å². The van der Waals surface area contributed by atoms with Crippen molar-refractivity contribution in [3.63, 3.8) is 0 Å². The molecular formula is C8H10BrNO2S. The van der Waals surface area contributed by atoms with Gasteiger partial charge in [-0.25, -0.2) is 0 Å². The molecule has 0 radical (unpaired) electrons. The average Bonchev–Trinajstić information content (AvgIpc) is 2.51. The molecular weight excluding hydrogens is 254 g/mol. The van der Waals surface area contributed by atoms with Crippen LogP contribution in [0.15, 0.2) is 15.9 Å². The number of hydrogen-bond acceptors (Lipinski definition) is 4. The zero-order chi connectivity index (χ0) is 9.84. The maximum absolute atomic E-state index is 11.4. The summed E-state index contributed by atoms with van der Waals surface area (Å²) in [5.74, 6) is -0.231. The standard InChI is InChI=1S/C8H10BrNO2S/c1-10-3-6(11)8(12)7-2-5(9)4-13-7/h2,4,6,10-11H,3H2,1H3. The van der Waals surface area contributed by atoms with Crippen molar-refractivity contribution in [2.75, 3.05) is 13.6 Å². The average molecular weight is 264 g/mol. The van der Waals surface area contributed by atoms with Gasteiger partial charge in [-0.05, 0) is 29.0 Å². The fourth-order valence-electron chi connectivity index (χ4n) is 0.893. The number of likely N-dealkylation sites (N-methyl/N-ethyl adjacent to an activating group) is 1. The van der Waals surface area contributed by atoms with Crippen LogP contribution in [-0.2, 0) is 0 Å². The first kappa shape index (κ1) is 10.8. The van der Waals surface area contributed by atoms with Crippen LogP contribution in [0.1, 0.15) is 9.67 Å². The Morgan fingerprint density at radius 1 is 1.85 bits per heavy atom. The first-order valence-electron chi connectivity index (χ1n) is 3.76. The minimum Gasteiger partial charge on any atom is -0.384 e. The second-order valence-electron chi connectivity index (χ2n) is 2.57. The molecule has 0 saturated heterocycles. The summed E-state index contributed by atoms with van der Waals surface area (Å²) in [5.41, 5.74) is 0. The Hall–Kier alpha value is -0.230. The van der Waals surface area contributed by atoms with E-state index in [0.717, 1.165) is 4.47 Å². The molecule has 0 amide bonds. The number of aliphatic hydroxyl groups excluding tert-OH is 1. The molecule has 13 heavy (non-hydrogen) atoms. The van der Waals surface area contributed by atoms with Crippen molar-refractivity contribution in [3.05, 3.63) is 20.8 Å². The topological polar surface area (TPSA) is 49.3 Å². The van der Waals surface area contributed by atoms with Gasteiger partial charge in [0.15, 0.2) is 0 Å². The van der Waals surface area contributed by atoms with E-state index in [2.05, 4.69) is 21.2 Å². The molecule has 0 aliphatic heterocycles. The van der Waals surface area contributed by atoms with Crippen molar-refractivity contribution in [2.45, 2.75) is 6.10 Å². The lowest BCUT2D eigenvalue weighted by molar-refractivity contribution is 0.0755. The summed E-state index contributed by atoms with van der Waals surface area (Å²) < 4.78 is 0.873. The van der Waals surface area contributed by atoms with E-state index in [1.807, 2.05) is 5.38 Å².